The summed E-state index contributed by atoms with van der Waals surface area (Å²) in [6.07, 6.45) is 2.78. The molecule has 0 atom stereocenters. The molecule has 5 nitrogen and oxygen atoms in total. The van der Waals surface area contributed by atoms with Crippen LogP contribution in [0.3, 0.4) is 0 Å². The summed E-state index contributed by atoms with van der Waals surface area (Å²) in [7, 11) is -3.26. The Morgan fingerprint density at radius 1 is 1.53 bits per heavy atom. The summed E-state index contributed by atoms with van der Waals surface area (Å²) >= 11 is 0. The minimum Gasteiger partial charge on any atom is -0.311 e. The molecule has 0 bridgehead atoms. The van der Waals surface area contributed by atoms with E-state index < -0.39 is 9.84 Å². The fourth-order valence-corrected chi connectivity index (χ4v) is 1.58. The van der Waals surface area contributed by atoms with Crippen LogP contribution in [-0.4, -0.2) is 25.6 Å². The number of aromatic nitrogens is 1. The quantitative estimate of drug-likeness (QED) is 0.831. The van der Waals surface area contributed by atoms with Crippen molar-refractivity contribution in [2.24, 2.45) is 0 Å². The third-order valence-electron chi connectivity index (χ3n) is 1.75. The van der Waals surface area contributed by atoms with Gasteiger partial charge < -0.3 is 5.32 Å². The van der Waals surface area contributed by atoms with Gasteiger partial charge in [0.15, 0.2) is 9.84 Å². The highest BCUT2D eigenvalue weighted by atomic mass is 32.2. The fourth-order valence-electron chi connectivity index (χ4n) is 0.941. The van der Waals surface area contributed by atoms with Crippen LogP contribution in [-0.2, 0) is 14.6 Å². The molecule has 82 valence electrons. The summed E-state index contributed by atoms with van der Waals surface area (Å²) in [5.74, 6) is 0.0536. The molecule has 1 rings (SSSR count). The number of sulfone groups is 1. The zero-order valence-electron chi connectivity index (χ0n) is 8.52. The third kappa shape index (κ3) is 3.32. The van der Waals surface area contributed by atoms with Gasteiger partial charge in [-0.15, -0.1) is 0 Å². The van der Waals surface area contributed by atoms with Gasteiger partial charge in [0.2, 0.25) is 5.91 Å². The molecule has 0 aromatic carbocycles. The summed E-state index contributed by atoms with van der Waals surface area (Å²) in [4.78, 5) is 15.0. The molecular weight excluding hydrogens is 216 g/mol. The molecule has 1 aromatic heterocycles. The molecule has 0 aliphatic rings. The maximum Gasteiger partial charge on any atom is 0.225 e. The molecule has 0 saturated carbocycles. The molecule has 0 radical (unpaired) electrons. The molecule has 0 saturated heterocycles. The van der Waals surface area contributed by atoms with Crippen molar-refractivity contribution in [1.29, 1.82) is 0 Å². The normalized spacial score (nSPS) is 11.1. The number of amides is 1. The van der Waals surface area contributed by atoms with Crippen molar-refractivity contribution in [1.82, 2.24) is 4.98 Å². The third-order valence-corrected chi connectivity index (χ3v) is 2.86. The number of anilines is 1. The predicted octanol–water partition coefficient (Wildman–Crippen LogP) is 0.834. The van der Waals surface area contributed by atoms with Crippen LogP contribution >= 0.6 is 0 Å². The van der Waals surface area contributed by atoms with E-state index in [2.05, 4.69) is 10.3 Å². The highest BCUT2D eigenvalue weighted by Gasteiger charge is 2.08. The van der Waals surface area contributed by atoms with E-state index in [9.17, 15) is 13.2 Å². The summed E-state index contributed by atoms with van der Waals surface area (Å²) in [6, 6.07) is 2.72. The molecule has 0 unspecified atom stereocenters. The first kappa shape index (κ1) is 11.6. The van der Waals surface area contributed by atoms with E-state index in [1.807, 2.05) is 0 Å². The van der Waals surface area contributed by atoms with Crippen LogP contribution in [0, 0.1) is 0 Å². The maximum absolute atomic E-state index is 11.2. The van der Waals surface area contributed by atoms with Gasteiger partial charge in [-0.25, -0.2) is 13.4 Å². The molecule has 1 aromatic rings. The first-order chi connectivity index (χ1) is 6.93. The summed E-state index contributed by atoms with van der Waals surface area (Å²) in [5.41, 5.74) is 0. The smallest absolute Gasteiger partial charge is 0.225 e. The molecule has 0 aliphatic carbocycles. The topological polar surface area (TPSA) is 76.1 Å². The van der Waals surface area contributed by atoms with Gasteiger partial charge in [-0.1, -0.05) is 6.92 Å². The molecule has 0 fully saturated rings. The van der Waals surface area contributed by atoms with Gasteiger partial charge in [-0.3, -0.25) is 4.79 Å². The second-order valence-corrected chi connectivity index (χ2v) is 5.07. The van der Waals surface area contributed by atoms with E-state index in [-0.39, 0.29) is 16.6 Å². The lowest BCUT2D eigenvalue weighted by atomic mass is 10.4. The zero-order chi connectivity index (χ0) is 11.5. The Labute approximate surface area is 88.4 Å². The molecule has 6 heteroatoms. The van der Waals surface area contributed by atoms with Crippen molar-refractivity contribution in [2.75, 3.05) is 11.6 Å². The highest BCUT2D eigenvalue weighted by molar-refractivity contribution is 7.90. The minimum atomic E-state index is -3.26. The molecule has 1 heterocycles. The van der Waals surface area contributed by atoms with Crippen molar-refractivity contribution in [3.05, 3.63) is 18.3 Å². The van der Waals surface area contributed by atoms with Gasteiger partial charge in [-0.05, 0) is 12.1 Å². The van der Waals surface area contributed by atoms with E-state index in [1.54, 1.807) is 6.92 Å². The van der Waals surface area contributed by atoms with Gasteiger partial charge >= 0.3 is 0 Å². The van der Waals surface area contributed by atoms with Crippen molar-refractivity contribution in [3.8, 4) is 0 Å². The van der Waals surface area contributed by atoms with Crippen molar-refractivity contribution in [3.63, 3.8) is 0 Å². The van der Waals surface area contributed by atoms with Gasteiger partial charge in [0.1, 0.15) is 5.82 Å². The SMILES string of the molecule is CCC(=O)Nc1cc(S(C)(=O)=O)ccn1. The molecule has 1 amide bonds. The van der Waals surface area contributed by atoms with Crippen molar-refractivity contribution < 1.29 is 13.2 Å². The Morgan fingerprint density at radius 3 is 2.73 bits per heavy atom. The van der Waals surface area contributed by atoms with Crippen molar-refractivity contribution >= 4 is 21.6 Å². The van der Waals surface area contributed by atoms with Gasteiger partial charge in [0.05, 0.1) is 4.90 Å². The van der Waals surface area contributed by atoms with Crippen LogP contribution in [0.25, 0.3) is 0 Å². The van der Waals surface area contributed by atoms with Gasteiger partial charge in [0, 0.05) is 18.9 Å². The van der Waals surface area contributed by atoms with Crippen LogP contribution < -0.4 is 5.32 Å². The molecular formula is C9H12N2O3S. The number of nitrogens with zero attached hydrogens (tertiary/aromatic N) is 1. The van der Waals surface area contributed by atoms with E-state index in [0.29, 0.717) is 6.42 Å². The van der Waals surface area contributed by atoms with Crippen LogP contribution in [0.5, 0.6) is 0 Å². The number of carbonyl (C=O) groups is 1. The van der Waals surface area contributed by atoms with Crippen LogP contribution in [0.15, 0.2) is 23.2 Å². The van der Waals surface area contributed by atoms with E-state index in [0.717, 1.165) is 6.26 Å². The first-order valence-corrected chi connectivity index (χ1v) is 6.28. The van der Waals surface area contributed by atoms with Crippen LogP contribution in [0.2, 0.25) is 0 Å². The van der Waals surface area contributed by atoms with Crippen LogP contribution in [0.4, 0.5) is 5.82 Å². The lowest BCUT2D eigenvalue weighted by Crippen LogP contribution is -2.11. The number of carbonyl (C=O) groups excluding carboxylic acids is 1. The summed E-state index contributed by atoms with van der Waals surface area (Å²) in [6.45, 7) is 1.70. The predicted molar refractivity (Wildman–Crippen MR) is 56.3 cm³/mol. The van der Waals surface area contributed by atoms with E-state index >= 15 is 0 Å². The summed E-state index contributed by atoms with van der Waals surface area (Å²) < 4.78 is 22.4. The summed E-state index contributed by atoms with van der Waals surface area (Å²) in [5, 5.41) is 2.49. The molecule has 0 aliphatic heterocycles. The number of hydrogen-bond donors (Lipinski definition) is 1. The highest BCUT2D eigenvalue weighted by Crippen LogP contribution is 2.12. The van der Waals surface area contributed by atoms with Crippen molar-refractivity contribution in [2.45, 2.75) is 18.2 Å². The number of pyridine rings is 1. The minimum absolute atomic E-state index is 0.143. The monoisotopic (exact) mass is 228 g/mol. The van der Waals surface area contributed by atoms with E-state index in [4.69, 9.17) is 0 Å². The lowest BCUT2D eigenvalue weighted by molar-refractivity contribution is -0.115. The zero-order valence-corrected chi connectivity index (χ0v) is 9.34. The average Bonchev–Trinajstić information content (AvgIpc) is 2.17. The van der Waals surface area contributed by atoms with Gasteiger partial charge in [-0.2, -0.15) is 0 Å². The molecule has 1 N–H and O–H groups in total. The van der Waals surface area contributed by atoms with Crippen LogP contribution in [0.1, 0.15) is 13.3 Å². The molecule has 15 heavy (non-hydrogen) atoms. The Morgan fingerprint density at radius 2 is 2.20 bits per heavy atom. The van der Waals surface area contributed by atoms with E-state index in [1.165, 1.54) is 18.3 Å². The maximum atomic E-state index is 11.2. The largest absolute Gasteiger partial charge is 0.311 e. The number of rotatable bonds is 3. The first-order valence-electron chi connectivity index (χ1n) is 4.39. The standard InChI is InChI=1S/C9H12N2O3S/c1-3-9(12)11-8-6-7(4-5-10-8)15(2,13)14/h4-6H,3H2,1-2H3,(H,10,11,12). The fraction of sp³-hybridized carbons (Fsp3) is 0.333. The second-order valence-electron chi connectivity index (χ2n) is 3.05. The number of hydrogen-bond acceptors (Lipinski definition) is 4. The Hall–Kier alpha value is -1.43. The lowest BCUT2D eigenvalue weighted by Gasteiger charge is -2.03. The Balaban J connectivity index is 2.99. The molecule has 0 spiro atoms. The number of nitrogens with one attached hydrogen (secondary N) is 1. The average molecular weight is 228 g/mol. The van der Waals surface area contributed by atoms with Gasteiger partial charge in [0.25, 0.3) is 0 Å². The Bertz CT molecular complexity index is 468. The second kappa shape index (κ2) is 4.39. The Kier molecular flexibility index (Phi) is 3.41.